The van der Waals surface area contributed by atoms with Crippen LogP contribution < -0.4 is 11.1 Å². The second kappa shape index (κ2) is 12.4. The van der Waals surface area contributed by atoms with Gasteiger partial charge < -0.3 is 30.5 Å². The highest BCUT2D eigenvalue weighted by molar-refractivity contribution is 8.04. The van der Waals surface area contributed by atoms with Gasteiger partial charge in [-0.15, -0.1) is 34.9 Å². The number of thiazole rings is 1. The fourth-order valence-corrected chi connectivity index (χ4v) is 7.56. The molecule has 4 rings (SSSR count). The zero-order valence-corrected chi connectivity index (χ0v) is 24.7. The molecular formula is C24H31N5O8S3. The highest BCUT2D eigenvalue weighted by atomic mass is 32.2. The van der Waals surface area contributed by atoms with Crippen LogP contribution in [0.5, 0.6) is 0 Å². The van der Waals surface area contributed by atoms with Gasteiger partial charge in [0.1, 0.15) is 27.7 Å². The van der Waals surface area contributed by atoms with Gasteiger partial charge in [0.05, 0.1) is 5.41 Å². The molecule has 2 saturated heterocycles. The topological polar surface area (TPSA) is 183 Å². The summed E-state index contributed by atoms with van der Waals surface area (Å²) in [7, 11) is 0. The third-order valence-electron chi connectivity index (χ3n) is 6.27. The average Bonchev–Trinajstić information content (AvgIpc) is 3.33. The number of carbonyl (C=O) groups excluding carboxylic acids is 4. The number of esters is 2. The summed E-state index contributed by atoms with van der Waals surface area (Å²) in [6.07, 6.45) is 3.72. The molecule has 3 aliphatic rings. The number of nitrogens with two attached hydrogens (primary N) is 1. The van der Waals surface area contributed by atoms with Gasteiger partial charge in [-0.2, -0.15) is 0 Å². The number of hydrogen-bond donors (Lipinski definition) is 3. The zero-order valence-electron chi connectivity index (χ0n) is 22.2. The van der Waals surface area contributed by atoms with Crippen LogP contribution in [0.2, 0.25) is 0 Å². The van der Waals surface area contributed by atoms with E-state index in [1.165, 1.54) is 33.8 Å². The first-order valence-electron chi connectivity index (χ1n) is 12.5. The number of nitrogens with zero attached hydrogens (tertiary/aromatic N) is 3. The molecule has 2 fully saturated rings. The fraction of sp³-hybridized carbons (Fsp3) is 0.583. The molecule has 0 spiro atoms. The highest BCUT2D eigenvalue weighted by Crippen LogP contribution is 2.44. The number of aromatic nitrogens is 1. The Morgan fingerprint density at radius 3 is 2.75 bits per heavy atom. The number of anilines is 1. The first-order chi connectivity index (χ1) is 19.0. The summed E-state index contributed by atoms with van der Waals surface area (Å²) >= 11 is 3.94. The molecule has 218 valence electrons. The number of thioether (sulfide) groups is 2. The number of fused-ring (bicyclic) bond motifs is 1. The van der Waals surface area contributed by atoms with E-state index in [9.17, 15) is 24.4 Å². The van der Waals surface area contributed by atoms with Crippen molar-refractivity contribution in [3.8, 4) is 0 Å². The van der Waals surface area contributed by atoms with Gasteiger partial charge in [-0.1, -0.05) is 5.16 Å². The van der Waals surface area contributed by atoms with E-state index in [1.807, 2.05) is 0 Å². The second-order valence-corrected chi connectivity index (χ2v) is 13.4. The van der Waals surface area contributed by atoms with Crippen molar-refractivity contribution >= 4 is 69.5 Å². The quantitative estimate of drug-likeness (QED) is 0.0920. The van der Waals surface area contributed by atoms with Crippen molar-refractivity contribution in [2.75, 3.05) is 30.6 Å². The third-order valence-corrected chi connectivity index (χ3v) is 9.75. The maximum Gasteiger partial charge on any atom is 0.357 e. The molecule has 40 heavy (non-hydrogen) atoms. The van der Waals surface area contributed by atoms with Crippen LogP contribution in [-0.2, 0) is 33.4 Å². The SMILES string of the molecule is CC(C)(C)C(=O)OCOC(=O)C1=CCSC2C(SCC3(NC(=O)/C(=N\O)c4csc(N)n4)CCCCO3)C(=O)N12. The normalized spacial score (nSPS) is 24.9. The van der Waals surface area contributed by atoms with Gasteiger partial charge >= 0.3 is 11.9 Å². The summed E-state index contributed by atoms with van der Waals surface area (Å²) in [5, 5.41) is 16.4. The highest BCUT2D eigenvalue weighted by Gasteiger charge is 2.53. The summed E-state index contributed by atoms with van der Waals surface area (Å²) in [5.41, 5.74) is 3.78. The predicted molar refractivity (Wildman–Crippen MR) is 149 cm³/mol. The van der Waals surface area contributed by atoms with Crippen molar-refractivity contribution in [3.63, 3.8) is 0 Å². The second-order valence-electron chi connectivity index (χ2n) is 10.3. The van der Waals surface area contributed by atoms with Crippen molar-refractivity contribution in [1.82, 2.24) is 15.2 Å². The van der Waals surface area contributed by atoms with Crippen molar-refractivity contribution in [2.45, 2.75) is 56.4 Å². The van der Waals surface area contributed by atoms with Gasteiger partial charge in [0.15, 0.2) is 10.8 Å². The lowest BCUT2D eigenvalue weighted by molar-refractivity contribution is -0.173. The van der Waals surface area contributed by atoms with Crippen molar-refractivity contribution < 1.29 is 38.6 Å². The van der Waals surface area contributed by atoms with Crippen LogP contribution in [0.1, 0.15) is 45.7 Å². The van der Waals surface area contributed by atoms with Gasteiger partial charge in [0.25, 0.3) is 5.91 Å². The molecule has 0 saturated carbocycles. The van der Waals surface area contributed by atoms with Crippen LogP contribution in [0.4, 0.5) is 5.13 Å². The zero-order chi connectivity index (χ0) is 29.1. The number of carbonyl (C=O) groups is 4. The van der Waals surface area contributed by atoms with Gasteiger partial charge in [0.2, 0.25) is 12.7 Å². The van der Waals surface area contributed by atoms with Crippen molar-refractivity contribution in [2.24, 2.45) is 10.6 Å². The lowest BCUT2D eigenvalue weighted by Crippen LogP contribution is -2.64. The molecule has 2 amide bonds. The number of amides is 2. The molecular weight excluding hydrogens is 582 g/mol. The molecule has 13 nitrogen and oxygen atoms in total. The maximum absolute atomic E-state index is 13.1. The Hall–Kier alpha value is -2.82. The minimum absolute atomic E-state index is 0.112. The summed E-state index contributed by atoms with van der Waals surface area (Å²) in [6.45, 7) is 4.92. The summed E-state index contributed by atoms with van der Waals surface area (Å²) in [5.74, 6) is -1.47. The Kier molecular flexibility index (Phi) is 9.32. The number of rotatable bonds is 9. The molecule has 0 radical (unpaired) electrons. The average molecular weight is 614 g/mol. The maximum atomic E-state index is 13.1. The molecule has 0 bridgehead atoms. The number of nitrogens with one attached hydrogen (secondary N) is 1. The van der Waals surface area contributed by atoms with Crippen LogP contribution in [0.3, 0.4) is 0 Å². The van der Waals surface area contributed by atoms with E-state index in [-0.39, 0.29) is 39.3 Å². The van der Waals surface area contributed by atoms with Gasteiger partial charge in [0, 0.05) is 23.5 Å². The Morgan fingerprint density at radius 1 is 1.35 bits per heavy atom. The molecule has 0 aromatic carbocycles. The molecule has 1 aromatic heterocycles. The van der Waals surface area contributed by atoms with Crippen LogP contribution >= 0.6 is 34.9 Å². The Morgan fingerprint density at radius 2 is 2.12 bits per heavy atom. The van der Waals surface area contributed by atoms with Crippen molar-refractivity contribution in [3.05, 3.63) is 22.8 Å². The lowest BCUT2D eigenvalue weighted by atomic mass is 9.98. The smallest absolute Gasteiger partial charge is 0.357 e. The minimum atomic E-state index is -1.09. The van der Waals surface area contributed by atoms with Crippen molar-refractivity contribution in [1.29, 1.82) is 0 Å². The van der Waals surface area contributed by atoms with E-state index < -0.39 is 41.0 Å². The Balaban J connectivity index is 1.36. The lowest BCUT2D eigenvalue weighted by Gasteiger charge is -2.49. The number of β-lactam (4-membered cyclic amide) rings is 1. The minimum Gasteiger partial charge on any atom is -0.427 e. The molecule has 16 heteroatoms. The van der Waals surface area contributed by atoms with E-state index in [1.54, 1.807) is 26.8 Å². The molecule has 4 N–H and O–H groups in total. The molecule has 1 aromatic rings. The van der Waals surface area contributed by atoms with E-state index in [2.05, 4.69) is 15.5 Å². The van der Waals surface area contributed by atoms with E-state index in [0.29, 0.717) is 18.8 Å². The predicted octanol–water partition coefficient (Wildman–Crippen LogP) is 1.91. The van der Waals surface area contributed by atoms with E-state index in [4.69, 9.17) is 19.9 Å². The molecule has 3 atom stereocenters. The summed E-state index contributed by atoms with van der Waals surface area (Å²) in [6, 6.07) is 0. The van der Waals surface area contributed by atoms with E-state index in [0.717, 1.165) is 24.2 Å². The molecule has 3 unspecified atom stereocenters. The van der Waals surface area contributed by atoms with Crippen LogP contribution in [0.25, 0.3) is 0 Å². The van der Waals surface area contributed by atoms with Crippen LogP contribution in [0, 0.1) is 5.41 Å². The first-order valence-corrected chi connectivity index (χ1v) is 15.4. The molecule has 0 aliphatic carbocycles. The van der Waals surface area contributed by atoms with Gasteiger partial charge in [-0.3, -0.25) is 19.3 Å². The summed E-state index contributed by atoms with van der Waals surface area (Å²) < 4.78 is 16.1. The van der Waals surface area contributed by atoms with E-state index >= 15 is 0 Å². The number of nitrogen functional groups attached to an aromatic ring is 1. The Labute approximate surface area is 243 Å². The van der Waals surface area contributed by atoms with Gasteiger partial charge in [-0.25, -0.2) is 9.78 Å². The largest absolute Gasteiger partial charge is 0.427 e. The third kappa shape index (κ3) is 6.56. The Bertz CT molecular complexity index is 1220. The monoisotopic (exact) mass is 613 g/mol. The first kappa shape index (κ1) is 30.1. The standard InChI is InChI=1S/C24H31N5O8S3/c1-23(2,3)21(33)36-12-35-20(32)14-6-9-38-19-16(18(31)29(14)19)40-11-24(7-4-5-8-37-24)27-17(30)15(28-34)13-10-39-22(25)26-13/h6,10,16,19,34H,4-5,7-9,11-12H2,1-3H3,(H2,25,26)(H,27,30)/b28-15-. The number of oxime groups is 1. The fourth-order valence-electron chi connectivity index (χ4n) is 4.14. The van der Waals surface area contributed by atoms with Crippen LogP contribution in [-0.4, -0.2) is 85.8 Å². The number of hydrogen-bond acceptors (Lipinski definition) is 14. The number of ether oxygens (including phenoxy) is 3. The molecule has 3 aliphatic heterocycles. The molecule has 4 heterocycles. The van der Waals surface area contributed by atoms with Crippen LogP contribution in [0.15, 0.2) is 22.3 Å². The summed E-state index contributed by atoms with van der Waals surface area (Å²) in [4.78, 5) is 56.1. The van der Waals surface area contributed by atoms with Gasteiger partial charge in [-0.05, 0) is 46.1 Å².